The van der Waals surface area contributed by atoms with E-state index in [2.05, 4.69) is 16.9 Å². The third kappa shape index (κ3) is 2.15. The van der Waals surface area contributed by atoms with Crippen LogP contribution in [0.25, 0.3) is 0 Å². The minimum absolute atomic E-state index is 0.139. The van der Waals surface area contributed by atoms with E-state index in [1.165, 1.54) is 6.07 Å². The van der Waals surface area contributed by atoms with Crippen LogP contribution >= 0.6 is 0 Å². The highest BCUT2D eigenvalue weighted by atomic mass is 19.3. The summed E-state index contributed by atoms with van der Waals surface area (Å²) in [6.07, 6.45) is 1.36. The molecule has 82 valence electrons. The summed E-state index contributed by atoms with van der Waals surface area (Å²) in [5.41, 5.74) is 0.902. The summed E-state index contributed by atoms with van der Waals surface area (Å²) in [5.74, 6) is 0. The first-order valence-corrected chi connectivity index (χ1v) is 5.12. The van der Waals surface area contributed by atoms with E-state index in [0.29, 0.717) is 6.04 Å². The highest BCUT2D eigenvalue weighted by Crippen LogP contribution is 2.30. The third-order valence-corrected chi connectivity index (χ3v) is 2.94. The van der Waals surface area contributed by atoms with Crippen LogP contribution in [0.2, 0.25) is 0 Å². The van der Waals surface area contributed by atoms with Crippen LogP contribution in [0, 0.1) is 0 Å². The molecule has 1 saturated heterocycles. The average Bonchev–Trinajstić information content (AvgIpc) is 2.65. The molecule has 2 rings (SSSR count). The van der Waals surface area contributed by atoms with Gasteiger partial charge in [0.15, 0.2) is 0 Å². The van der Waals surface area contributed by atoms with E-state index in [1.54, 1.807) is 12.3 Å². The fraction of sp³-hybridized carbons (Fsp3) is 0.545. The Morgan fingerprint density at radius 2 is 2.27 bits per heavy atom. The zero-order chi connectivity index (χ0) is 10.8. The van der Waals surface area contributed by atoms with Crippen molar-refractivity contribution in [3.63, 3.8) is 0 Å². The monoisotopic (exact) mass is 212 g/mol. The predicted molar refractivity (Wildman–Crippen MR) is 53.8 cm³/mol. The van der Waals surface area contributed by atoms with Crippen LogP contribution in [-0.4, -0.2) is 23.5 Å². The number of rotatable bonds is 2. The number of alkyl halides is 2. The van der Waals surface area contributed by atoms with E-state index >= 15 is 0 Å². The lowest BCUT2D eigenvalue weighted by Gasteiger charge is -2.19. The molecule has 1 aromatic rings. The highest BCUT2D eigenvalue weighted by Gasteiger charge is 2.22. The van der Waals surface area contributed by atoms with Gasteiger partial charge in [-0.25, -0.2) is 8.78 Å². The molecule has 1 unspecified atom stereocenters. The molecule has 2 nitrogen and oxygen atoms in total. The molecule has 1 atom stereocenters. The lowest BCUT2D eigenvalue weighted by molar-refractivity contribution is 0.146. The molecule has 0 amide bonds. The maximum Gasteiger partial charge on any atom is 0.280 e. The molecule has 0 spiro atoms. The van der Waals surface area contributed by atoms with Gasteiger partial charge in [0.2, 0.25) is 0 Å². The summed E-state index contributed by atoms with van der Waals surface area (Å²) < 4.78 is 24.6. The van der Waals surface area contributed by atoms with Gasteiger partial charge >= 0.3 is 0 Å². The minimum atomic E-state index is -2.47. The lowest BCUT2D eigenvalue weighted by atomic mass is 10.1. The van der Waals surface area contributed by atoms with E-state index in [-0.39, 0.29) is 5.69 Å². The third-order valence-electron chi connectivity index (χ3n) is 2.94. The van der Waals surface area contributed by atoms with Crippen molar-refractivity contribution < 1.29 is 8.78 Å². The van der Waals surface area contributed by atoms with Crippen LogP contribution in [-0.2, 0) is 0 Å². The van der Waals surface area contributed by atoms with E-state index in [0.717, 1.165) is 24.9 Å². The molecule has 15 heavy (non-hydrogen) atoms. The quantitative estimate of drug-likeness (QED) is 0.749. The molecule has 0 radical (unpaired) electrons. The molecule has 1 aliphatic heterocycles. The SMILES string of the molecule is CN1CCCC1c1ccc(C(F)F)nc1. The second-order valence-electron chi connectivity index (χ2n) is 3.96. The molecule has 1 aliphatic rings. The molecule has 4 heteroatoms. The molecule has 0 aromatic carbocycles. The van der Waals surface area contributed by atoms with Gasteiger partial charge in [0.05, 0.1) is 0 Å². The van der Waals surface area contributed by atoms with Crippen LogP contribution in [0.4, 0.5) is 8.78 Å². The summed E-state index contributed by atoms with van der Waals surface area (Å²) in [5, 5.41) is 0. The van der Waals surface area contributed by atoms with Crippen molar-refractivity contribution in [3.8, 4) is 0 Å². The Morgan fingerprint density at radius 1 is 1.47 bits per heavy atom. The Kier molecular flexibility index (Phi) is 2.95. The largest absolute Gasteiger partial charge is 0.299 e. The lowest BCUT2D eigenvalue weighted by Crippen LogP contribution is -2.17. The van der Waals surface area contributed by atoms with Gasteiger partial charge in [-0.05, 0) is 38.1 Å². The van der Waals surface area contributed by atoms with E-state index < -0.39 is 6.43 Å². The van der Waals surface area contributed by atoms with Gasteiger partial charge in [0.1, 0.15) is 5.69 Å². The Hall–Kier alpha value is -1.03. The Labute approximate surface area is 87.9 Å². The Balaban J connectivity index is 2.16. The van der Waals surface area contributed by atoms with E-state index in [4.69, 9.17) is 0 Å². The number of nitrogens with zero attached hydrogens (tertiary/aromatic N) is 2. The number of hydrogen-bond donors (Lipinski definition) is 0. The first kappa shape index (κ1) is 10.5. The Morgan fingerprint density at radius 3 is 2.73 bits per heavy atom. The molecule has 0 aliphatic carbocycles. The smallest absolute Gasteiger partial charge is 0.280 e. The van der Waals surface area contributed by atoms with E-state index in [1.807, 2.05) is 0 Å². The van der Waals surface area contributed by atoms with Crippen molar-refractivity contribution >= 4 is 0 Å². The molecule has 1 fully saturated rings. The van der Waals surface area contributed by atoms with Crippen LogP contribution in [0.15, 0.2) is 18.3 Å². The van der Waals surface area contributed by atoms with Gasteiger partial charge in [-0.2, -0.15) is 0 Å². The summed E-state index contributed by atoms with van der Waals surface area (Å²) >= 11 is 0. The molecule has 0 N–H and O–H groups in total. The maximum absolute atomic E-state index is 12.3. The van der Waals surface area contributed by atoms with Crippen molar-refractivity contribution in [1.82, 2.24) is 9.88 Å². The van der Waals surface area contributed by atoms with Crippen LogP contribution in [0.5, 0.6) is 0 Å². The minimum Gasteiger partial charge on any atom is -0.299 e. The van der Waals surface area contributed by atoms with Crippen LogP contribution in [0.1, 0.15) is 36.6 Å². The van der Waals surface area contributed by atoms with Gasteiger partial charge in [-0.3, -0.25) is 9.88 Å². The van der Waals surface area contributed by atoms with Gasteiger partial charge in [0, 0.05) is 12.2 Å². The molecule has 1 aromatic heterocycles. The summed E-state index contributed by atoms with van der Waals surface area (Å²) in [7, 11) is 2.05. The number of likely N-dealkylation sites (tertiary alicyclic amines) is 1. The highest BCUT2D eigenvalue weighted by molar-refractivity contribution is 5.19. The molecule has 0 bridgehead atoms. The van der Waals surface area contributed by atoms with Gasteiger partial charge in [-0.1, -0.05) is 6.07 Å². The summed E-state index contributed by atoms with van der Waals surface area (Å²) in [6, 6.07) is 3.54. The molecular formula is C11H14F2N2. The molecule has 2 heterocycles. The second-order valence-corrected chi connectivity index (χ2v) is 3.96. The zero-order valence-electron chi connectivity index (χ0n) is 8.66. The number of hydrogen-bond acceptors (Lipinski definition) is 2. The normalized spacial score (nSPS) is 22.5. The zero-order valence-corrected chi connectivity index (χ0v) is 8.66. The maximum atomic E-state index is 12.3. The number of pyridine rings is 1. The van der Waals surface area contributed by atoms with Gasteiger partial charge in [-0.15, -0.1) is 0 Å². The fourth-order valence-electron chi connectivity index (χ4n) is 2.07. The molecular weight excluding hydrogens is 198 g/mol. The van der Waals surface area contributed by atoms with Crippen molar-refractivity contribution in [3.05, 3.63) is 29.6 Å². The fourth-order valence-corrected chi connectivity index (χ4v) is 2.07. The predicted octanol–water partition coefficient (Wildman–Crippen LogP) is 2.79. The first-order chi connectivity index (χ1) is 7.18. The average molecular weight is 212 g/mol. The van der Waals surface area contributed by atoms with Crippen molar-refractivity contribution in [2.45, 2.75) is 25.3 Å². The number of halogens is 2. The number of aromatic nitrogens is 1. The van der Waals surface area contributed by atoms with E-state index in [9.17, 15) is 8.78 Å². The van der Waals surface area contributed by atoms with Gasteiger partial charge < -0.3 is 0 Å². The van der Waals surface area contributed by atoms with Crippen molar-refractivity contribution in [1.29, 1.82) is 0 Å². The topological polar surface area (TPSA) is 16.1 Å². The second kappa shape index (κ2) is 4.23. The standard InChI is InChI=1S/C11H14F2N2/c1-15-6-2-3-10(15)8-4-5-9(11(12)13)14-7-8/h4-5,7,10-11H,2-3,6H2,1H3. The van der Waals surface area contributed by atoms with Crippen molar-refractivity contribution in [2.75, 3.05) is 13.6 Å². The Bertz CT molecular complexity index is 324. The first-order valence-electron chi connectivity index (χ1n) is 5.12. The molecule has 0 saturated carbocycles. The van der Waals surface area contributed by atoms with Crippen LogP contribution in [0.3, 0.4) is 0 Å². The van der Waals surface area contributed by atoms with Gasteiger partial charge in [0.25, 0.3) is 6.43 Å². The summed E-state index contributed by atoms with van der Waals surface area (Å²) in [6.45, 7) is 1.07. The van der Waals surface area contributed by atoms with Crippen LogP contribution < -0.4 is 0 Å². The summed E-state index contributed by atoms with van der Waals surface area (Å²) in [4.78, 5) is 6.02. The van der Waals surface area contributed by atoms with Crippen molar-refractivity contribution in [2.24, 2.45) is 0 Å².